The first-order chi connectivity index (χ1) is 7.27. The van der Waals surface area contributed by atoms with E-state index in [1.54, 1.807) is 0 Å². The highest BCUT2D eigenvalue weighted by Crippen LogP contribution is 2.07. The number of likely N-dealkylation sites (tertiary alicyclic amines) is 1. The highest BCUT2D eigenvalue weighted by atomic mass is 16.5. The van der Waals surface area contributed by atoms with Crippen LogP contribution < -0.4 is 0 Å². The Balaban J connectivity index is 2.07. The van der Waals surface area contributed by atoms with Gasteiger partial charge in [-0.1, -0.05) is 13.8 Å². The van der Waals surface area contributed by atoms with Gasteiger partial charge in [0.2, 0.25) is 0 Å². The van der Waals surface area contributed by atoms with Gasteiger partial charge in [0.1, 0.15) is 6.23 Å². The summed E-state index contributed by atoms with van der Waals surface area (Å²) in [7, 11) is 0. The first-order valence-corrected chi connectivity index (χ1v) is 6.36. The van der Waals surface area contributed by atoms with Gasteiger partial charge in [0, 0.05) is 6.54 Å². The van der Waals surface area contributed by atoms with E-state index in [0.29, 0.717) is 0 Å². The molecule has 0 radical (unpaired) electrons. The van der Waals surface area contributed by atoms with Crippen molar-refractivity contribution in [1.29, 1.82) is 0 Å². The minimum Gasteiger partial charge on any atom is -0.362 e. The molecule has 0 spiro atoms. The summed E-state index contributed by atoms with van der Waals surface area (Å²) < 4.78 is 5.83. The van der Waals surface area contributed by atoms with Crippen molar-refractivity contribution in [2.45, 2.75) is 39.8 Å². The minimum atomic E-state index is 0.266. The summed E-state index contributed by atoms with van der Waals surface area (Å²) in [4.78, 5) is 4.83. The second kappa shape index (κ2) is 7.20. The molecule has 1 saturated heterocycles. The average Bonchev–Trinajstić information content (AvgIpc) is 2.72. The zero-order valence-corrected chi connectivity index (χ0v) is 10.5. The van der Waals surface area contributed by atoms with Crippen LogP contribution in [-0.4, -0.2) is 55.4 Å². The molecule has 0 saturated carbocycles. The zero-order chi connectivity index (χ0) is 11.1. The number of nitrogens with zero attached hydrogens (tertiary/aromatic N) is 2. The highest BCUT2D eigenvalue weighted by molar-refractivity contribution is 4.65. The van der Waals surface area contributed by atoms with Gasteiger partial charge >= 0.3 is 0 Å². The first kappa shape index (κ1) is 12.9. The van der Waals surface area contributed by atoms with E-state index in [9.17, 15) is 0 Å². The Bertz CT molecular complexity index is 154. The lowest BCUT2D eigenvalue weighted by Crippen LogP contribution is -2.36. The molecule has 0 aromatic rings. The van der Waals surface area contributed by atoms with Crippen molar-refractivity contribution < 1.29 is 4.74 Å². The molecule has 1 fully saturated rings. The van der Waals surface area contributed by atoms with Gasteiger partial charge in [-0.05, 0) is 45.9 Å². The quantitative estimate of drug-likeness (QED) is 0.601. The maximum Gasteiger partial charge on any atom is 0.107 e. The van der Waals surface area contributed by atoms with Crippen molar-refractivity contribution in [3.05, 3.63) is 0 Å². The summed E-state index contributed by atoms with van der Waals surface area (Å²) in [6.07, 6.45) is 3.00. The molecule has 3 heteroatoms. The molecule has 1 aliphatic rings. The molecule has 15 heavy (non-hydrogen) atoms. The van der Waals surface area contributed by atoms with Gasteiger partial charge in [-0.25, -0.2) is 0 Å². The minimum absolute atomic E-state index is 0.266. The molecule has 0 aliphatic carbocycles. The van der Waals surface area contributed by atoms with E-state index in [0.717, 1.165) is 26.2 Å². The first-order valence-electron chi connectivity index (χ1n) is 6.36. The summed E-state index contributed by atoms with van der Waals surface area (Å²) in [5.41, 5.74) is 0. The van der Waals surface area contributed by atoms with Crippen LogP contribution in [0.4, 0.5) is 0 Å². The van der Waals surface area contributed by atoms with Crippen LogP contribution in [0.3, 0.4) is 0 Å². The van der Waals surface area contributed by atoms with Gasteiger partial charge < -0.3 is 9.64 Å². The SMILES string of the molecule is CCN(CC)C(C)OCCN1CCCC1. The summed E-state index contributed by atoms with van der Waals surface area (Å²) in [6, 6.07) is 0. The monoisotopic (exact) mass is 214 g/mol. The van der Waals surface area contributed by atoms with E-state index in [1.807, 2.05) is 0 Å². The van der Waals surface area contributed by atoms with Crippen molar-refractivity contribution >= 4 is 0 Å². The van der Waals surface area contributed by atoms with Gasteiger partial charge in [-0.15, -0.1) is 0 Å². The summed E-state index contributed by atoms with van der Waals surface area (Å²) in [5.74, 6) is 0. The predicted molar refractivity (Wildman–Crippen MR) is 64.0 cm³/mol. The molecule has 0 bridgehead atoms. The van der Waals surface area contributed by atoms with Gasteiger partial charge in [0.25, 0.3) is 0 Å². The van der Waals surface area contributed by atoms with Crippen LogP contribution in [0.5, 0.6) is 0 Å². The van der Waals surface area contributed by atoms with Gasteiger partial charge in [-0.3, -0.25) is 4.90 Å². The molecule has 0 amide bonds. The fourth-order valence-corrected chi connectivity index (χ4v) is 2.20. The number of hydrogen-bond donors (Lipinski definition) is 0. The predicted octanol–water partition coefficient (Wildman–Crippen LogP) is 1.79. The molecule has 0 N–H and O–H groups in total. The lowest BCUT2D eigenvalue weighted by molar-refractivity contribution is -0.0475. The van der Waals surface area contributed by atoms with Crippen LogP contribution in [0.2, 0.25) is 0 Å². The van der Waals surface area contributed by atoms with E-state index < -0.39 is 0 Å². The van der Waals surface area contributed by atoms with Gasteiger partial charge in [-0.2, -0.15) is 0 Å². The van der Waals surface area contributed by atoms with E-state index in [2.05, 4.69) is 30.6 Å². The third-order valence-electron chi connectivity index (χ3n) is 3.29. The Kier molecular flexibility index (Phi) is 6.22. The van der Waals surface area contributed by atoms with Crippen LogP contribution >= 0.6 is 0 Å². The molecule has 1 rings (SSSR count). The molecule has 1 unspecified atom stereocenters. The van der Waals surface area contributed by atoms with Crippen LogP contribution in [0.1, 0.15) is 33.6 Å². The fourth-order valence-electron chi connectivity index (χ4n) is 2.20. The molecule has 0 aromatic carbocycles. The Labute approximate surface area is 94.4 Å². The molecule has 0 aromatic heterocycles. The molecular weight excluding hydrogens is 188 g/mol. The van der Waals surface area contributed by atoms with Crippen LogP contribution in [-0.2, 0) is 4.74 Å². The standard InChI is InChI=1S/C12H26N2O/c1-4-14(5-2)12(3)15-11-10-13-8-6-7-9-13/h12H,4-11H2,1-3H3. The Morgan fingerprint density at radius 3 is 2.33 bits per heavy atom. The van der Waals surface area contributed by atoms with Crippen molar-refractivity contribution in [3.8, 4) is 0 Å². The molecule has 1 atom stereocenters. The summed E-state index contributed by atoms with van der Waals surface area (Å²) in [6.45, 7) is 13.2. The highest BCUT2D eigenvalue weighted by Gasteiger charge is 2.13. The molecule has 1 heterocycles. The van der Waals surface area contributed by atoms with Crippen molar-refractivity contribution in [3.63, 3.8) is 0 Å². The normalized spacial score (nSPS) is 20.0. The largest absolute Gasteiger partial charge is 0.362 e. The van der Waals surface area contributed by atoms with Crippen molar-refractivity contribution in [2.24, 2.45) is 0 Å². The van der Waals surface area contributed by atoms with Crippen LogP contribution in [0.25, 0.3) is 0 Å². The van der Waals surface area contributed by atoms with E-state index in [1.165, 1.54) is 25.9 Å². The van der Waals surface area contributed by atoms with E-state index >= 15 is 0 Å². The molecular formula is C12H26N2O. The average molecular weight is 214 g/mol. The molecule has 3 nitrogen and oxygen atoms in total. The van der Waals surface area contributed by atoms with Crippen LogP contribution in [0.15, 0.2) is 0 Å². The topological polar surface area (TPSA) is 15.7 Å². The zero-order valence-electron chi connectivity index (χ0n) is 10.5. The second-order valence-electron chi connectivity index (χ2n) is 4.24. The van der Waals surface area contributed by atoms with Crippen molar-refractivity contribution in [1.82, 2.24) is 9.80 Å². The van der Waals surface area contributed by atoms with E-state index in [4.69, 9.17) is 4.74 Å². The third-order valence-corrected chi connectivity index (χ3v) is 3.29. The Morgan fingerprint density at radius 1 is 1.20 bits per heavy atom. The molecule has 90 valence electrons. The van der Waals surface area contributed by atoms with Gasteiger partial charge in [0.05, 0.1) is 6.61 Å². The second-order valence-corrected chi connectivity index (χ2v) is 4.24. The lowest BCUT2D eigenvalue weighted by Gasteiger charge is -2.27. The Hall–Kier alpha value is -0.120. The smallest absolute Gasteiger partial charge is 0.107 e. The number of hydrogen-bond acceptors (Lipinski definition) is 3. The van der Waals surface area contributed by atoms with Crippen molar-refractivity contribution in [2.75, 3.05) is 39.3 Å². The summed E-state index contributed by atoms with van der Waals surface area (Å²) >= 11 is 0. The summed E-state index contributed by atoms with van der Waals surface area (Å²) in [5, 5.41) is 0. The Morgan fingerprint density at radius 2 is 1.80 bits per heavy atom. The third kappa shape index (κ3) is 4.49. The lowest BCUT2D eigenvalue weighted by atomic mass is 10.4. The van der Waals surface area contributed by atoms with Crippen LogP contribution in [0, 0.1) is 0 Å². The number of rotatable bonds is 7. The molecule has 1 aliphatic heterocycles. The number of ether oxygens (including phenoxy) is 1. The van der Waals surface area contributed by atoms with Gasteiger partial charge in [0.15, 0.2) is 0 Å². The maximum absolute atomic E-state index is 5.83. The maximum atomic E-state index is 5.83. The van der Waals surface area contributed by atoms with E-state index in [-0.39, 0.29) is 6.23 Å². The fraction of sp³-hybridized carbons (Fsp3) is 1.00.